The predicted octanol–water partition coefficient (Wildman–Crippen LogP) is 5.78. The third kappa shape index (κ3) is 4.61. The van der Waals surface area contributed by atoms with Crippen molar-refractivity contribution >= 4 is 0 Å². The van der Waals surface area contributed by atoms with Gasteiger partial charge in [-0.05, 0) is 48.1 Å². The summed E-state index contributed by atoms with van der Waals surface area (Å²) >= 11 is 0. The molecular formula is C24H26FN3. The summed E-state index contributed by atoms with van der Waals surface area (Å²) < 4.78 is 14.2. The maximum Gasteiger partial charge on any atom is 0.178 e. The lowest BCUT2D eigenvalue weighted by Gasteiger charge is -2.21. The first-order valence-electron chi connectivity index (χ1n) is 10.3. The van der Waals surface area contributed by atoms with Crippen molar-refractivity contribution in [2.45, 2.75) is 51.4 Å². The van der Waals surface area contributed by atoms with Crippen molar-refractivity contribution in [3.8, 4) is 11.5 Å². The molecule has 0 unspecified atom stereocenters. The molecule has 0 bridgehead atoms. The molecule has 144 valence electrons. The van der Waals surface area contributed by atoms with Gasteiger partial charge >= 0.3 is 0 Å². The average molecular weight is 375 g/mol. The van der Waals surface area contributed by atoms with Crippen molar-refractivity contribution in [3.63, 3.8) is 0 Å². The van der Waals surface area contributed by atoms with Crippen LogP contribution >= 0.6 is 0 Å². The van der Waals surface area contributed by atoms with Crippen molar-refractivity contribution in [3.05, 3.63) is 77.5 Å². The number of pyridine rings is 1. The van der Waals surface area contributed by atoms with Crippen LogP contribution in [0.4, 0.5) is 4.39 Å². The first kappa shape index (κ1) is 18.7. The lowest BCUT2D eigenvalue weighted by molar-refractivity contribution is 0.338. The topological polar surface area (TPSA) is 38.7 Å². The van der Waals surface area contributed by atoms with Gasteiger partial charge in [0.2, 0.25) is 0 Å². The molecule has 28 heavy (non-hydrogen) atoms. The van der Waals surface area contributed by atoms with E-state index >= 15 is 0 Å². The summed E-state index contributed by atoms with van der Waals surface area (Å²) in [7, 11) is 0. The number of aryl methyl sites for hydroxylation is 1. The van der Waals surface area contributed by atoms with Gasteiger partial charge in [-0.1, -0.05) is 56.4 Å². The lowest BCUT2D eigenvalue weighted by atomic mass is 9.85. The van der Waals surface area contributed by atoms with Gasteiger partial charge in [0.15, 0.2) is 5.82 Å². The van der Waals surface area contributed by atoms with Gasteiger partial charge in [-0.25, -0.2) is 14.4 Å². The summed E-state index contributed by atoms with van der Waals surface area (Å²) in [6.45, 7) is 0. The van der Waals surface area contributed by atoms with Crippen LogP contribution in [0, 0.1) is 11.7 Å². The Kier molecular flexibility index (Phi) is 6.05. The molecule has 4 rings (SSSR count). The highest BCUT2D eigenvalue weighted by Gasteiger charge is 2.17. The second-order valence-electron chi connectivity index (χ2n) is 7.69. The van der Waals surface area contributed by atoms with E-state index in [-0.39, 0.29) is 5.82 Å². The van der Waals surface area contributed by atoms with Crippen LogP contribution in [0.15, 0.2) is 54.9 Å². The van der Waals surface area contributed by atoms with E-state index in [1.54, 1.807) is 12.3 Å². The zero-order valence-corrected chi connectivity index (χ0v) is 16.1. The Morgan fingerprint density at radius 3 is 2.50 bits per heavy atom. The fourth-order valence-electron chi connectivity index (χ4n) is 4.09. The minimum atomic E-state index is -0.172. The Morgan fingerprint density at radius 1 is 0.893 bits per heavy atom. The Labute approximate surface area is 166 Å². The van der Waals surface area contributed by atoms with Crippen LogP contribution in [0.25, 0.3) is 11.5 Å². The zero-order valence-electron chi connectivity index (χ0n) is 16.1. The van der Waals surface area contributed by atoms with E-state index in [1.165, 1.54) is 38.2 Å². The number of rotatable bonds is 6. The molecule has 2 heterocycles. The highest BCUT2D eigenvalue weighted by atomic mass is 19.1. The van der Waals surface area contributed by atoms with Crippen LogP contribution in [0.5, 0.6) is 0 Å². The Morgan fingerprint density at radius 2 is 1.71 bits per heavy atom. The monoisotopic (exact) mass is 375 g/mol. The summed E-state index contributed by atoms with van der Waals surface area (Å²) in [5.41, 5.74) is 3.51. The van der Waals surface area contributed by atoms with Gasteiger partial charge < -0.3 is 0 Å². The van der Waals surface area contributed by atoms with Gasteiger partial charge in [-0.3, -0.25) is 4.98 Å². The van der Waals surface area contributed by atoms with Crippen LogP contribution in [0.3, 0.4) is 0 Å². The molecule has 0 amide bonds. The largest absolute Gasteiger partial charge is 0.253 e. The predicted molar refractivity (Wildman–Crippen MR) is 109 cm³/mol. The van der Waals surface area contributed by atoms with Crippen LogP contribution in [-0.2, 0) is 12.8 Å². The Bertz CT molecular complexity index is 905. The first-order chi connectivity index (χ1) is 13.8. The summed E-state index contributed by atoms with van der Waals surface area (Å²) in [6.07, 6.45) is 12.9. The zero-order chi connectivity index (χ0) is 19.2. The molecule has 1 aliphatic carbocycles. The lowest BCUT2D eigenvalue weighted by Crippen LogP contribution is -2.10. The number of aromatic nitrogens is 3. The van der Waals surface area contributed by atoms with E-state index in [1.807, 2.05) is 36.5 Å². The maximum atomic E-state index is 14.2. The second kappa shape index (κ2) is 9.05. The molecule has 0 radical (unpaired) electrons. The van der Waals surface area contributed by atoms with E-state index in [2.05, 4.69) is 9.97 Å². The highest BCUT2D eigenvalue weighted by Crippen LogP contribution is 2.28. The molecular weight excluding hydrogens is 349 g/mol. The molecule has 4 heteroatoms. The quantitative estimate of drug-likeness (QED) is 0.548. The summed E-state index contributed by atoms with van der Waals surface area (Å²) in [4.78, 5) is 13.8. The van der Waals surface area contributed by atoms with Crippen LogP contribution in [-0.4, -0.2) is 15.0 Å². The van der Waals surface area contributed by atoms with E-state index in [9.17, 15) is 4.39 Å². The van der Waals surface area contributed by atoms with Crippen LogP contribution in [0.1, 0.15) is 55.3 Å². The van der Waals surface area contributed by atoms with Crippen molar-refractivity contribution in [1.29, 1.82) is 0 Å². The van der Waals surface area contributed by atoms with Crippen molar-refractivity contribution in [2.75, 3.05) is 0 Å². The minimum absolute atomic E-state index is 0.172. The smallest absolute Gasteiger partial charge is 0.178 e. The molecule has 0 aliphatic heterocycles. The molecule has 1 fully saturated rings. The summed E-state index contributed by atoms with van der Waals surface area (Å²) in [6, 6.07) is 12.7. The van der Waals surface area contributed by atoms with Crippen LogP contribution < -0.4 is 0 Å². The number of benzene rings is 1. The van der Waals surface area contributed by atoms with Gasteiger partial charge in [0.05, 0.1) is 0 Å². The van der Waals surface area contributed by atoms with Gasteiger partial charge in [0, 0.05) is 24.5 Å². The number of halogens is 1. The molecule has 0 spiro atoms. The van der Waals surface area contributed by atoms with Gasteiger partial charge in [-0.2, -0.15) is 0 Å². The summed E-state index contributed by atoms with van der Waals surface area (Å²) in [5, 5.41) is 0. The minimum Gasteiger partial charge on any atom is -0.253 e. The third-order valence-electron chi connectivity index (χ3n) is 5.70. The fourth-order valence-corrected chi connectivity index (χ4v) is 4.09. The molecule has 3 nitrogen and oxygen atoms in total. The van der Waals surface area contributed by atoms with Gasteiger partial charge in [0.1, 0.15) is 11.5 Å². The Hall–Kier alpha value is -2.62. The van der Waals surface area contributed by atoms with E-state index in [0.717, 1.165) is 35.7 Å². The fraction of sp³-hybridized carbons (Fsp3) is 0.375. The third-order valence-corrected chi connectivity index (χ3v) is 5.70. The van der Waals surface area contributed by atoms with Crippen LogP contribution in [0.2, 0.25) is 0 Å². The number of hydrogen-bond donors (Lipinski definition) is 0. The van der Waals surface area contributed by atoms with E-state index < -0.39 is 0 Å². The molecule has 0 saturated heterocycles. The molecule has 0 N–H and O–H groups in total. The number of nitrogens with zero attached hydrogens (tertiary/aromatic N) is 3. The standard InChI is InChI=1S/C24H26FN3/c25-21-11-5-4-10-19(21)16-20-17-27-24(23-12-6-7-15-26-23)28-22(20)14-13-18-8-2-1-3-9-18/h4-7,10-12,15,17-18H,1-3,8-9,13-14,16H2. The molecule has 1 aromatic carbocycles. The molecule has 1 aliphatic rings. The SMILES string of the molecule is Fc1ccccc1Cc1cnc(-c2ccccn2)nc1CCC1CCCCC1. The first-order valence-corrected chi connectivity index (χ1v) is 10.3. The second-order valence-corrected chi connectivity index (χ2v) is 7.69. The van der Waals surface area contributed by atoms with Gasteiger partial charge in [-0.15, -0.1) is 0 Å². The molecule has 0 atom stereocenters. The summed E-state index contributed by atoms with van der Waals surface area (Å²) in [5.74, 6) is 1.26. The van der Waals surface area contributed by atoms with E-state index in [0.29, 0.717) is 17.8 Å². The Balaban J connectivity index is 1.60. The average Bonchev–Trinajstić information content (AvgIpc) is 2.76. The van der Waals surface area contributed by atoms with Gasteiger partial charge in [0.25, 0.3) is 0 Å². The van der Waals surface area contributed by atoms with Crippen molar-refractivity contribution in [1.82, 2.24) is 15.0 Å². The molecule has 1 saturated carbocycles. The molecule has 3 aromatic rings. The van der Waals surface area contributed by atoms with Crippen molar-refractivity contribution in [2.24, 2.45) is 5.92 Å². The van der Waals surface area contributed by atoms with E-state index in [4.69, 9.17) is 4.98 Å². The van der Waals surface area contributed by atoms with Crippen molar-refractivity contribution < 1.29 is 4.39 Å². The maximum absolute atomic E-state index is 14.2. The molecule has 2 aromatic heterocycles. The number of hydrogen-bond acceptors (Lipinski definition) is 3. The highest BCUT2D eigenvalue weighted by molar-refractivity contribution is 5.49. The normalized spacial score (nSPS) is 14.9.